The molecule has 0 bridgehead atoms. The van der Waals surface area contributed by atoms with Gasteiger partial charge in [-0.1, -0.05) is 19.0 Å². The zero-order chi connectivity index (χ0) is 13.8. The minimum atomic E-state index is 0.220. The van der Waals surface area contributed by atoms with Crippen molar-refractivity contribution in [3.63, 3.8) is 0 Å². The molecule has 108 valence electrons. The summed E-state index contributed by atoms with van der Waals surface area (Å²) in [5, 5.41) is 13.0. The standard InChI is InChI=1S/C13H24N4O2/c1-10(2)12-14-13(19-15-12)17-6-4-11(5-7-17)16(3)8-9-18/h10-11,18H,4-9H2,1-3H3. The Morgan fingerprint density at radius 3 is 2.63 bits per heavy atom. The van der Waals surface area contributed by atoms with E-state index >= 15 is 0 Å². The van der Waals surface area contributed by atoms with E-state index in [9.17, 15) is 0 Å². The molecule has 1 aromatic rings. The van der Waals surface area contributed by atoms with Crippen LogP contribution in [-0.4, -0.2) is 59.5 Å². The lowest BCUT2D eigenvalue weighted by atomic mass is 10.0. The van der Waals surface area contributed by atoms with Crippen molar-refractivity contribution in [2.75, 3.05) is 38.2 Å². The van der Waals surface area contributed by atoms with Crippen molar-refractivity contribution in [3.8, 4) is 0 Å². The second-order valence-corrected chi connectivity index (χ2v) is 5.51. The fourth-order valence-corrected chi connectivity index (χ4v) is 2.43. The number of piperidine rings is 1. The normalized spacial score (nSPS) is 17.7. The van der Waals surface area contributed by atoms with Gasteiger partial charge < -0.3 is 19.4 Å². The highest BCUT2D eigenvalue weighted by Gasteiger charge is 2.25. The number of anilines is 1. The van der Waals surface area contributed by atoms with E-state index in [0.29, 0.717) is 18.0 Å². The van der Waals surface area contributed by atoms with E-state index in [1.807, 2.05) is 0 Å². The molecule has 0 saturated carbocycles. The highest BCUT2D eigenvalue weighted by Crippen LogP contribution is 2.22. The smallest absolute Gasteiger partial charge is 0.324 e. The minimum Gasteiger partial charge on any atom is -0.395 e. The zero-order valence-electron chi connectivity index (χ0n) is 12.0. The van der Waals surface area contributed by atoms with Crippen molar-refractivity contribution in [2.24, 2.45) is 0 Å². The Morgan fingerprint density at radius 2 is 2.11 bits per heavy atom. The predicted molar refractivity (Wildman–Crippen MR) is 73.3 cm³/mol. The number of rotatable bonds is 5. The van der Waals surface area contributed by atoms with Crippen LogP contribution in [0.25, 0.3) is 0 Å². The molecule has 0 aliphatic carbocycles. The molecular formula is C13H24N4O2. The molecule has 1 N–H and O–H groups in total. The Kier molecular flexibility index (Phi) is 4.76. The van der Waals surface area contributed by atoms with Gasteiger partial charge in [0.2, 0.25) is 0 Å². The number of nitrogens with zero attached hydrogens (tertiary/aromatic N) is 4. The Balaban J connectivity index is 1.88. The van der Waals surface area contributed by atoms with Gasteiger partial charge in [-0.3, -0.25) is 0 Å². The number of aromatic nitrogens is 2. The lowest BCUT2D eigenvalue weighted by Crippen LogP contribution is -2.44. The second kappa shape index (κ2) is 6.34. The molecule has 0 unspecified atom stereocenters. The monoisotopic (exact) mass is 268 g/mol. The molecule has 0 amide bonds. The molecule has 0 radical (unpaired) electrons. The SMILES string of the molecule is CC(C)c1noc(N2CCC(N(C)CCO)CC2)n1. The Morgan fingerprint density at radius 1 is 1.42 bits per heavy atom. The van der Waals surface area contributed by atoms with Gasteiger partial charge in [0.1, 0.15) is 0 Å². The van der Waals surface area contributed by atoms with Crippen LogP contribution >= 0.6 is 0 Å². The van der Waals surface area contributed by atoms with Crippen LogP contribution in [-0.2, 0) is 0 Å². The summed E-state index contributed by atoms with van der Waals surface area (Å²) in [6.07, 6.45) is 2.13. The molecule has 19 heavy (non-hydrogen) atoms. The van der Waals surface area contributed by atoms with Gasteiger partial charge in [0.05, 0.1) is 6.61 Å². The molecule has 1 aliphatic rings. The van der Waals surface area contributed by atoms with Gasteiger partial charge in [-0.25, -0.2) is 0 Å². The van der Waals surface area contributed by atoms with E-state index < -0.39 is 0 Å². The summed E-state index contributed by atoms with van der Waals surface area (Å²) in [7, 11) is 2.07. The van der Waals surface area contributed by atoms with Gasteiger partial charge in [-0.15, -0.1) is 0 Å². The minimum absolute atomic E-state index is 0.220. The Hall–Kier alpha value is -1.14. The quantitative estimate of drug-likeness (QED) is 0.862. The van der Waals surface area contributed by atoms with Crippen LogP contribution in [0.5, 0.6) is 0 Å². The summed E-state index contributed by atoms with van der Waals surface area (Å²) in [4.78, 5) is 8.82. The molecule has 1 fully saturated rings. The van der Waals surface area contributed by atoms with E-state index in [0.717, 1.165) is 38.3 Å². The maximum absolute atomic E-state index is 8.97. The van der Waals surface area contributed by atoms with Crippen molar-refractivity contribution >= 4 is 6.01 Å². The van der Waals surface area contributed by atoms with Crippen molar-refractivity contribution < 1.29 is 9.63 Å². The first kappa shape index (κ1) is 14.3. The lowest BCUT2D eigenvalue weighted by Gasteiger charge is -2.35. The third-order valence-corrected chi connectivity index (χ3v) is 3.76. The number of aliphatic hydroxyl groups excluding tert-OH is 1. The summed E-state index contributed by atoms with van der Waals surface area (Å²) >= 11 is 0. The highest BCUT2D eigenvalue weighted by atomic mass is 16.5. The number of likely N-dealkylation sites (N-methyl/N-ethyl adjacent to an activating group) is 1. The van der Waals surface area contributed by atoms with E-state index in [2.05, 4.69) is 40.8 Å². The summed E-state index contributed by atoms with van der Waals surface area (Å²) in [6, 6.07) is 1.18. The molecule has 2 rings (SSSR count). The van der Waals surface area contributed by atoms with Crippen LogP contribution < -0.4 is 4.90 Å². The summed E-state index contributed by atoms with van der Waals surface area (Å²) in [6.45, 7) is 6.94. The summed E-state index contributed by atoms with van der Waals surface area (Å²) in [5.74, 6) is 1.07. The average Bonchev–Trinajstić information content (AvgIpc) is 2.89. The lowest BCUT2D eigenvalue weighted by molar-refractivity contribution is 0.160. The molecule has 0 atom stereocenters. The van der Waals surface area contributed by atoms with Crippen molar-refractivity contribution in [1.29, 1.82) is 0 Å². The molecule has 2 heterocycles. The van der Waals surface area contributed by atoms with E-state index in [1.54, 1.807) is 0 Å². The largest absolute Gasteiger partial charge is 0.395 e. The summed E-state index contributed by atoms with van der Waals surface area (Å²) in [5.41, 5.74) is 0. The van der Waals surface area contributed by atoms with Gasteiger partial charge in [0.15, 0.2) is 5.82 Å². The fourth-order valence-electron chi connectivity index (χ4n) is 2.43. The molecule has 6 heteroatoms. The third-order valence-electron chi connectivity index (χ3n) is 3.76. The molecule has 1 saturated heterocycles. The molecular weight excluding hydrogens is 244 g/mol. The number of hydrogen-bond donors (Lipinski definition) is 1. The van der Waals surface area contributed by atoms with E-state index in [1.165, 1.54) is 0 Å². The molecule has 0 aromatic carbocycles. The first-order chi connectivity index (χ1) is 9.11. The summed E-state index contributed by atoms with van der Waals surface area (Å²) < 4.78 is 5.32. The topological polar surface area (TPSA) is 65.6 Å². The van der Waals surface area contributed by atoms with Crippen LogP contribution in [0.1, 0.15) is 38.4 Å². The van der Waals surface area contributed by atoms with Gasteiger partial charge in [-0.2, -0.15) is 4.98 Å². The van der Waals surface area contributed by atoms with Crippen LogP contribution in [0.2, 0.25) is 0 Å². The maximum Gasteiger partial charge on any atom is 0.324 e. The molecule has 0 spiro atoms. The van der Waals surface area contributed by atoms with Crippen LogP contribution in [0, 0.1) is 0 Å². The van der Waals surface area contributed by atoms with Crippen molar-refractivity contribution in [1.82, 2.24) is 15.0 Å². The van der Waals surface area contributed by atoms with Crippen LogP contribution in [0.3, 0.4) is 0 Å². The van der Waals surface area contributed by atoms with E-state index in [-0.39, 0.29) is 6.61 Å². The Labute approximate surface area is 114 Å². The Bertz CT molecular complexity index is 386. The second-order valence-electron chi connectivity index (χ2n) is 5.51. The molecule has 1 aromatic heterocycles. The number of aliphatic hydroxyl groups is 1. The zero-order valence-corrected chi connectivity index (χ0v) is 12.0. The van der Waals surface area contributed by atoms with Crippen LogP contribution in [0.4, 0.5) is 6.01 Å². The average molecular weight is 268 g/mol. The molecule has 1 aliphatic heterocycles. The fraction of sp³-hybridized carbons (Fsp3) is 0.846. The van der Waals surface area contributed by atoms with Crippen LogP contribution in [0.15, 0.2) is 4.52 Å². The third kappa shape index (κ3) is 3.45. The van der Waals surface area contributed by atoms with E-state index in [4.69, 9.17) is 9.63 Å². The van der Waals surface area contributed by atoms with Crippen molar-refractivity contribution in [2.45, 2.75) is 38.6 Å². The van der Waals surface area contributed by atoms with Crippen molar-refractivity contribution in [3.05, 3.63) is 5.82 Å². The first-order valence-electron chi connectivity index (χ1n) is 7.01. The highest BCUT2D eigenvalue weighted by molar-refractivity contribution is 5.26. The first-order valence-corrected chi connectivity index (χ1v) is 7.01. The maximum atomic E-state index is 8.97. The molecule has 6 nitrogen and oxygen atoms in total. The van der Waals surface area contributed by atoms with Gasteiger partial charge in [-0.05, 0) is 19.9 Å². The number of hydrogen-bond acceptors (Lipinski definition) is 6. The van der Waals surface area contributed by atoms with Gasteiger partial charge in [0, 0.05) is 31.6 Å². The van der Waals surface area contributed by atoms with Gasteiger partial charge >= 0.3 is 6.01 Å². The van der Waals surface area contributed by atoms with Gasteiger partial charge in [0.25, 0.3) is 0 Å². The predicted octanol–water partition coefficient (Wildman–Crippen LogP) is 1.09.